The zero-order valence-electron chi connectivity index (χ0n) is 15.9. The highest BCUT2D eigenvalue weighted by Gasteiger charge is 2.40. The zero-order chi connectivity index (χ0) is 18.9. The first-order valence-corrected chi connectivity index (χ1v) is 10.3. The molecule has 2 N–H and O–H groups in total. The van der Waals surface area contributed by atoms with Crippen molar-refractivity contribution in [3.05, 3.63) is 64.6 Å². The van der Waals surface area contributed by atoms with Gasteiger partial charge in [-0.25, -0.2) is 15.0 Å². The third-order valence-electron chi connectivity index (χ3n) is 5.60. The number of aromatic nitrogens is 3. The van der Waals surface area contributed by atoms with Crippen LogP contribution in [0.15, 0.2) is 41.9 Å². The van der Waals surface area contributed by atoms with Gasteiger partial charge in [0.1, 0.15) is 11.6 Å². The molecule has 1 aliphatic heterocycles. The monoisotopic (exact) mass is 379 g/mol. The van der Waals surface area contributed by atoms with Crippen molar-refractivity contribution in [2.24, 2.45) is 0 Å². The van der Waals surface area contributed by atoms with Gasteiger partial charge in [0.25, 0.3) is 0 Å². The van der Waals surface area contributed by atoms with Crippen molar-refractivity contribution in [2.75, 3.05) is 23.7 Å². The quantitative estimate of drug-likeness (QED) is 0.743. The number of piperidine rings is 1. The second-order valence-corrected chi connectivity index (χ2v) is 8.02. The molecule has 1 fully saturated rings. The highest BCUT2D eigenvalue weighted by atomic mass is 32.1. The second kappa shape index (κ2) is 7.27. The molecule has 1 aliphatic rings. The van der Waals surface area contributed by atoms with Crippen molar-refractivity contribution in [1.29, 1.82) is 0 Å². The average molecular weight is 380 g/mol. The summed E-state index contributed by atoms with van der Waals surface area (Å²) in [7, 11) is 0. The van der Waals surface area contributed by atoms with Crippen LogP contribution in [-0.4, -0.2) is 28.0 Å². The Morgan fingerprint density at radius 1 is 1.15 bits per heavy atom. The Morgan fingerprint density at radius 2 is 1.89 bits per heavy atom. The predicted octanol–water partition coefficient (Wildman–Crippen LogP) is 3.97. The number of anilines is 2. The molecule has 27 heavy (non-hydrogen) atoms. The highest BCUT2D eigenvalue weighted by molar-refractivity contribution is 7.13. The van der Waals surface area contributed by atoms with Gasteiger partial charge in [-0.05, 0) is 31.7 Å². The van der Waals surface area contributed by atoms with E-state index in [2.05, 4.69) is 57.5 Å². The molecule has 6 heteroatoms. The van der Waals surface area contributed by atoms with Crippen molar-refractivity contribution < 1.29 is 0 Å². The molecule has 0 aliphatic carbocycles. The van der Waals surface area contributed by atoms with E-state index < -0.39 is 0 Å². The standard InChI is InChI=1S/C21H25N5S/c1-3-16-13-23-15(2)24-19(16)26-11-9-21(10-12-26,17-7-5-4-6-8-17)18-14-27-20(22)25-18/h4-8,13-14H,3,9-12H2,1-2H3,(H2,22,25). The molecule has 1 saturated heterocycles. The van der Waals surface area contributed by atoms with Gasteiger partial charge < -0.3 is 10.6 Å². The molecular formula is C21H25N5S. The first-order valence-electron chi connectivity index (χ1n) is 9.47. The summed E-state index contributed by atoms with van der Waals surface area (Å²) in [4.78, 5) is 16.2. The summed E-state index contributed by atoms with van der Waals surface area (Å²) < 4.78 is 0. The van der Waals surface area contributed by atoms with Crippen LogP contribution in [0.1, 0.15) is 42.4 Å². The van der Waals surface area contributed by atoms with Gasteiger partial charge in [-0.15, -0.1) is 11.3 Å². The smallest absolute Gasteiger partial charge is 0.180 e. The van der Waals surface area contributed by atoms with Crippen LogP contribution in [0, 0.1) is 6.92 Å². The number of nitrogens with two attached hydrogens (primary N) is 1. The molecule has 0 amide bonds. The number of rotatable bonds is 4. The van der Waals surface area contributed by atoms with Crippen LogP contribution in [-0.2, 0) is 11.8 Å². The van der Waals surface area contributed by atoms with Crippen molar-refractivity contribution >= 4 is 22.3 Å². The number of nitrogens with zero attached hydrogens (tertiary/aromatic N) is 4. The lowest BCUT2D eigenvalue weighted by Crippen LogP contribution is -2.44. The Balaban J connectivity index is 1.67. The lowest BCUT2D eigenvalue weighted by Gasteiger charge is -2.42. The molecule has 2 aromatic heterocycles. The summed E-state index contributed by atoms with van der Waals surface area (Å²) >= 11 is 1.53. The molecule has 0 spiro atoms. The van der Waals surface area contributed by atoms with Crippen molar-refractivity contribution in [3.8, 4) is 0 Å². The van der Waals surface area contributed by atoms with Crippen LogP contribution in [0.3, 0.4) is 0 Å². The van der Waals surface area contributed by atoms with Gasteiger partial charge in [0, 0.05) is 35.6 Å². The van der Waals surface area contributed by atoms with Crippen LogP contribution in [0.2, 0.25) is 0 Å². The summed E-state index contributed by atoms with van der Waals surface area (Å²) in [6.07, 6.45) is 4.90. The molecule has 3 aromatic rings. The molecule has 0 saturated carbocycles. The van der Waals surface area contributed by atoms with Gasteiger partial charge in [0.05, 0.1) is 5.69 Å². The lowest BCUT2D eigenvalue weighted by atomic mass is 9.70. The van der Waals surface area contributed by atoms with Crippen molar-refractivity contribution in [1.82, 2.24) is 15.0 Å². The third-order valence-corrected chi connectivity index (χ3v) is 6.27. The molecule has 0 radical (unpaired) electrons. The molecule has 140 valence electrons. The number of benzene rings is 1. The van der Waals surface area contributed by atoms with Crippen LogP contribution < -0.4 is 10.6 Å². The molecule has 4 rings (SSSR count). The molecule has 1 aromatic carbocycles. The minimum Gasteiger partial charge on any atom is -0.375 e. The number of hydrogen-bond acceptors (Lipinski definition) is 6. The molecule has 0 atom stereocenters. The highest BCUT2D eigenvalue weighted by Crippen LogP contribution is 2.43. The van der Waals surface area contributed by atoms with E-state index in [0.29, 0.717) is 5.13 Å². The van der Waals surface area contributed by atoms with E-state index in [1.807, 2.05) is 13.1 Å². The maximum Gasteiger partial charge on any atom is 0.180 e. The first kappa shape index (κ1) is 17.9. The first-order chi connectivity index (χ1) is 13.1. The van der Waals surface area contributed by atoms with Gasteiger partial charge in [0.15, 0.2) is 5.13 Å². The fourth-order valence-corrected chi connectivity index (χ4v) is 4.73. The van der Waals surface area contributed by atoms with Crippen molar-refractivity contribution in [3.63, 3.8) is 0 Å². The van der Waals surface area contributed by atoms with Gasteiger partial charge >= 0.3 is 0 Å². The van der Waals surface area contributed by atoms with E-state index >= 15 is 0 Å². The number of nitrogen functional groups attached to an aromatic ring is 1. The van der Waals surface area contributed by atoms with E-state index in [-0.39, 0.29) is 5.41 Å². The molecule has 5 nitrogen and oxygen atoms in total. The van der Waals surface area contributed by atoms with Crippen molar-refractivity contribution in [2.45, 2.75) is 38.5 Å². The Morgan fingerprint density at radius 3 is 2.52 bits per heavy atom. The maximum absolute atomic E-state index is 5.98. The van der Waals surface area contributed by atoms with Gasteiger partial charge in [0.2, 0.25) is 0 Å². The summed E-state index contributed by atoms with van der Waals surface area (Å²) in [5.41, 5.74) is 9.53. The fourth-order valence-electron chi connectivity index (χ4n) is 4.06. The second-order valence-electron chi connectivity index (χ2n) is 7.13. The Kier molecular flexibility index (Phi) is 4.83. The van der Waals surface area contributed by atoms with Crippen LogP contribution in [0.5, 0.6) is 0 Å². The van der Waals surface area contributed by atoms with Crippen LogP contribution >= 0.6 is 11.3 Å². The lowest BCUT2D eigenvalue weighted by molar-refractivity contribution is 0.383. The van der Waals surface area contributed by atoms with Gasteiger partial charge in [-0.1, -0.05) is 37.3 Å². The third kappa shape index (κ3) is 3.30. The Bertz CT molecular complexity index is 913. The molecule has 3 heterocycles. The largest absolute Gasteiger partial charge is 0.375 e. The van der Waals surface area contributed by atoms with Crippen LogP contribution in [0.25, 0.3) is 0 Å². The Labute approximate surface area is 164 Å². The molecular weight excluding hydrogens is 354 g/mol. The van der Waals surface area contributed by atoms with Gasteiger partial charge in [-0.2, -0.15) is 0 Å². The number of thiazole rings is 1. The zero-order valence-corrected chi connectivity index (χ0v) is 16.7. The minimum atomic E-state index is -0.0830. The summed E-state index contributed by atoms with van der Waals surface area (Å²) in [6, 6.07) is 10.7. The van der Waals surface area contributed by atoms with Crippen LogP contribution in [0.4, 0.5) is 10.9 Å². The van der Waals surface area contributed by atoms with Gasteiger partial charge in [-0.3, -0.25) is 0 Å². The van der Waals surface area contributed by atoms with E-state index in [1.165, 1.54) is 22.5 Å². The SMILES string of the molecule is CCc1cnc(C)nc1N1CCC(c2ccccc2)(c2csc(N)n2)CC1. The van der Waals surface area contributed by atoms with E-state index in [0.717, 1.165) is 49.7 Å². The minimum absolute atomic E-state index is 0.0830. The average Bonchev–Trinajstić information content (AvgIpc) is 3.15. The number of aryl methyl sites for hydroxylation is 2. The van der Waals surface area contributed by atoms with E-state index in [4.69, 9.17) is 10.7 Å². The maximum atomic E-state index is 5.98. The summed E-state index contributed by atoms with van der Waals surface area (Å²) in [5, 5.41) is 2.77. The molecule has 0 unspecified atom stereocenters. The normalized spacial score (nSPS) is 16.4. The van der Waals surface area contributed by atoms with E-state index in [1.54, 1.807) is 0 Å². The molecule has 0 bridgehead atoms. The number of hydrogen-bond donors (Lipinski definition) is 1. The summed E-state index contributed by atoms with van der Waals surface area (Å²) in [6.45, 7) is 6.00. The predicted molar refractivity (Wildman–Crippen MR) is 111 cm³/mol. The van der Waals surface area contributed by atoms with E-state index in [9.17, 15) is 0 Å². The summed E-state index contributed by atoms with van der Waals surface area (Å²) in [5.74, 6) is 1.92. The topological polar surface area (TPSA) is 67.9 Å². The fraction of sp³-hybridized carbons (Fsp3) is 0.381. The Hall–Kier alpha value is -2.47.